The van der Waals surface area contributed by atoms with Crippen LogP contribution in [0.1, 0.15) is 37.4 Å². The molecule has 0 unspecified atom stereocenters. The van der Waals surface area contributed by atoms with Gasteiger partial charge in [-0.15, -0.1) is 0 Å². The van der Waals surface area contributed by atoms with Crippen molar-refractivity contribution in [2.45, 2.75) is 18.0 Å². The van der Waals surface area contributed by atoms with Gasteiger partial charge in [-0.3, -0.25) is 28.9 Å². The van der Waals surface area contributed by atoms with E-state index in [1.54, 1.807) is 18.2 Å². The fraction of sp³-hybridized carbons (Fsp3) is 0.162. The fourth-order valence-electron chi connectivity index (χ4n) is 4.65. The Labute approximate surface area is 286 Å². The van der Waals surface area contributed by atoms with Gasteiger partial charge in [-0.2, -0.15) is 13.2 Å². The van der Waals surface area contributed by atoms with Crippen LogP contribution in [0.25, 0.3) is 0 Å². The summed E-state index contributed by atoms with van der Waals surface area (Å²) < 4.78 is 56.7. The van der Waals surface area contributed by atoms with Crippen molar-refractivity contribution >= 4 is 35.4 Å². The summed E-state index contributed by atoms with van der Waals surface area (Å²) in [5.74, 6) is -5.02. The molecule has 0 saturated heterocycles. The predicted octanol–water partition coefficient (Wildman–Crippen LogP) is 6.17. The quantitative estimate of drug-likeness (QED) is 0.0819. The van der Waals surface area contributed by atoms with Crippen LogP contribution >= 0.6 is 0 Å². The number of hydrogen-bond acceptors (Lipinski definition) is 8. The highest BCUT2D eigenvalue weighted by Crippen LogP contribution is 2.33. The number of benzene rings is 3. The Morgan fingerprint density at radius 2 is 1.32 bits per heavy atom. The Hall–Kier alpha value is -6.24. The van der Waals surface area contributed by atoms with Crippen LogP contribution in [-0.4, -0.2) is 54.4 Å². The molecular formula is C37H33F3N2O8. The number of esters is 3. The maximum atomic E-state index is 13.6. The Balaban J connectivity index is 1.97. The smallest absolute Gasteiger partial charge is 0.417 e. The van der Waals surface area contributed by atoms with Crippen LogP contribution in [0, 0.1) is 0 Å². The summed E-state index contributed by atoms with van der Waals surface area (Å²) in [6.45, 7) is 12.7. The van der Waals surface area contributed by atoms with E-state index in [2.05, 4.69) is 31.6 Å². The highest BCUT2D eigenvalue weighted by Gasteiger charge is 2.52. The molecule has 10 nitrogen and oxygen atoms in total. The average molecular weight is 691 g/mol. The Bertz CT molecular complexity index is 1750. The zero-order chi connectivity index (χ0) is 36.9. The van der Waals surface area contributed by atoms with E-state index in [0.29, 0.717) is 0 Å². The molecular weight excluding hydrogens is 657 g/mol. The molecule has 13 heteroatoms. The number of nitrogens with zero attached hydrogens (tertiary/aromatic N) is 1. The average Bonchev–Trinajstić information content (AvgIpc) is 3.11. The van der Waals surface area contributed by atoms with Gasteiger partial charge in [0.05, 0.1) is 28.8 Å². The first-order chi connectivity index (χ1) is 23.8. The van der Waals surface area contributed by atoms with Crippen molar-refractivity contribution in [2.24, 2.45) is 0 Å². The third-order valence-corrected chi connectivity index (χ3v) is 7.09. The molecule has 0 heterocycles. The summed E-state index contributed by atoms with van der Waals surface area (Å²) in [6.07, 6.45) is -0.547. The molecule has 0 aliphatic rings. The van der Waals surface area contributed by atoms with Crippen LogP contribution in [0.3, 0.4) is 0 Å². The van der Waals surface area contributed by atoms with E-state index in [0.717, 1.165) is 35.5 Å². The second kappa shape index (κ2) is 17.2. The molecule has 2 amide bonds. The first-order valence-corrected chi connectivity index (χ1v) is 14.8. The van der Waals surface area contributed by atoms with Crippen molar-refractivity contribution in [3.8, 4) is 0 Å². The number of ether oxygens (including phenoxy) is 3. The van der Waals surface area contributed by atoms with E-state index in [-0.39, 0.29) is 35.6 Å². The van der Waals surface area contributed by atoms with E-state index < -0.39 is 65.5 Å². The summed E-state index contributed by atoms with van der Waals surface area (Å²) in [6, 6.07) is 15.6. The SMILES string of the molecule is C=CCOC(=O)C(COC(=O)Cc1ccc(NC(=O)c2ccccc2C(F)(F)F)c(C(=O)N(C=C)C=C)c1)(C(=O)OCC=C)c1ccccc1. The van der Waals surface area contributed by atoms with Gasteiger partial charge in [-0.05, 0) is 35.4 Å². The normalized spacial score (nSPS) is 10.9. The molecule has 0 aromatic heterocycles. The molecule has 0 atom stereocenters. The summed E-state index contributed by atoms with van der Waals surface area (Å²) >= 11 is 0. The molecule has 0 bridgehead atoms. The number of amides is 2. The third-order valence-electron chi connectivity index (χ3n) is 7.09. The van der Waals surface area contributed by atoms with Crippen molar-refractivity contribution in [2.75, 3.05) is 25.1 Å². The highest BCUT2D eigenvalue weighted by atomic mass is 19.4. The van der Waals surface area contributed by atoms with Crippen LogP contribution in [-0.2, 0) is 46.6 Å². The minimum Gasteiger partial charge on any atom is -0.463 e. The van der Waals surface area contributed by atoms with Gasteiger partial charge in [-0.25, -0.2) is 0 Å². The molecule has 3 aromatic carbocycles. The number of halogens is 3. The Morgan fingerprint density at radius 3 is 1.88 bits per heavy atom. The van der Waals surface area contributed by atoms with Crippen molar-refractivity contribution in [1.82, 2.24) is 4.90 Å². The van der Waals surface area contributed by atoms with E-state index in [4.69, 9.17) is 14.2 Å². The number of rotatable bonds is 16. The Morgan fingerprint density at radius 1 is 0.740 bits per heavy atom. The molecule has 0 fully saturated rings. The second-order valence-electron chi connectivity index (χ2n) is 10.3. The minimum absolute atomic E-state index is 0.116. The molecule has 0 aliphatic heterocycles. The molecule has 3 aromatic rings. The van der Waals surface area contributed by atoms with Gasteiger partial charge in [0.2, 0.25) is 5.41 Å². The monoisotopic (exact) mass is 690 g/mol. The molecule has 0 saturated carbocycles. The minimum atomic E-state index is -4.83. The number of anilines is 1. The molecule has 260 valence electrons. The Kier molecular flexibility index (Phi) is 13.2. The first-order valence-electron chi connectivity index (χ1n) is 14.8. The molecule has 0 spiro atoms. The summed E-state index contributed by atoms with van der Waals surface area (Å²) in [7, 11) is 0. The van der Waals surface area contributed by atoms with E-state index in [1.807, 2.05) is 0 Å². The van der Waals surface area contributed by atoms with Crippen molar-refractivity contribution in [1.29, 1.82) is 0 Å². The van der Waals surface area contributed by atoms with Gasteiger partial charge in [0, 0.05) is 12.4 Å². The van der Waals surface area contributed by atoms with Crippen LogP contribution in [0.2, 0.25) is 0 Å². The summed E-state index contributed by atoms with van der Waals surface area (Å²) in [4.78, 5) is 67.4. The van der Waals surface area contributed by atoms with Crippen molar-refractivity contribution in [3.05, 3.63) is 151 Å². The highest BCUT2D eigenvalue weighted by molar-refractivity contribution is 6.10. The molecule has 0 aliphatic carbocycles. The van der Waals surface area contributed by atoms with Crippen molar-refractivity contribution in [3.63, 3.8) is 0 Å². The number of carbonyl (C=O) groups is 5. The van der Waals surface area contributed by atoms with Crippen LogP contribution in [0.4, 0.5) is 18.9 Å². The molecule has 1 N–H and O–H groups in total. The number of carbonyl (C=O) groups excluding carboxylic acids is 5. The lowest BCUT2D eigenvalue weighted by Crippen LogP contribution is -2.50. The number of nitrogens with one attached hydrogen (secondary N) is 1. The van der Waals surface area contributed by atoms with Crippen molar-refractivity contribution < 1.29 is 51.4 Å². The number of hydrogen-bond donors (Lipinski definition) is 1. The van der Waals surface area contributed by atoms with Gasteiger partial charge < -0.3 is 19.5 Å². The zero-order valence-corrected chi connectivity index (χ0v) is 26.7. The maximum Gasteiger partial charge on any atom is 0.417 e. The molecule has 3 rings (SSSR count). The standard InChI is InChI=1S/C37H33F3N2O8/c1-5-20-48-34(46)36(35(47)49-21-6-2,26-14-10-9-11-15-26)24-50-31(43)23-25-18-19-30(28(22-25)33(45)42(7-3)8-4)41-32(44)27-16-12-13-17-29(27)37(38,39)40/h5-19,22H,1-4,20-21,23-24H2,(H,41,44). The van der Waals surface area contributed by atoms with E-state index >= 15 is 0 Å². The molecule has 0 radical (unpaired) electrons. The molecule has 50 heavy (non-hydrogen) atoms. The van der Waals surface area contributed by atoms with Gasteiger partial charge >= 0.3 is 24.1 Å². The predicted molar refractivity (Wildman–Crippen MR) is 177 cm³/mol. The van der Waals surface area contributed by atoms with E-state index in [1.165, 1.54) is 48.6 Å². The van der Waals surface area contributed by atoms with Gasteiger partial charge in [-0.1, -0.05) is 87.0 Å². The van der Waals surface area contributed by atoms with Crippen LogP contribution in [0.15, 0.2) is 124 Å². The maximum absolute atomic E-state index is 13.6. The number of alkyl halides is 3. The first kappa shape index (κ1) is 38.2. The topological polar surface area (TPSA) is 128 Å². The van der Waals surface area contributed by atoms with Gasteiger partial charge in [0.1, 0.15) is 19.8 Å². The lowest BCUT2D eigenvalue weighted by molar-refractivity contribution is -0.169. The fourth-order valence-corrected chi connectivity index (χ4v) is 4.65. The van der Waals surface area contributed by atoms with E-state index in [9.17, 15) is 37.1 Å². The zero-order valence-electron chi connectivity index (χ0n) is 26.7. The summed E-state index contributed by atoms with van der Waals surface area (Å²) in [5.41, 5.74) is -4.24. The lowest BCUT2D eigenvalue weighted by atomic mass is 9.81. The lowest BCUT2D eigenvalue weighted by Gasteiger charge is -2.29. The van der Waals surface area contributed by atoms with Gasteiger partial charge in [0.15, 0.2) is 0 Å². The third kappa shape index (κ3) is 9.01. The van der Waals surface area contributed by atoms with Crippen LogP contribution < -0.4 is 5.32 Å². The van der Waals surface area contributed by atoms with Gasteiger partial charge in [0.25, 0.3) is 11.8 Å². The van der Waals surface area contributed by atoms with Crippen LogP contribution in [0.5, 0.6) is 0 Å². The second-order valence-corrected chi connectivity index (χ2v) is 10.3. The summed E-state index contributed by atoms with van der Waals surface area (Å²) in [5, 5.41) is 2.34. The largest absolute Gasteiger partial charge is 0.463 e.